The topological polar surface area (TPSA) is 75.3 Å². The van der Waals surface area contributed by atoms with Gasteiger partial charge in [-0.3, -0.25) is 14.4 Å². The molecule has 0 unspecified atom stereocenters. The number of hydrogen-bond acceptors (Lipinski definition) is 3. The van der Waals surface area contributed by atoms with E-state index in [1.807, 2.05) is 60.7 Å². The van der Waals surface area contributed by atoms with Gasteiger partial charge >= 0.3 is 0 Å². The first kappa shape index (κ1) is 24.3. The van der Waals surface area contributed by atoms with E-state index in [4.69, 9.17) is 0 Å². The standard InChI is InChI=1S/C33H22N2O3/c1-21(36)34-27-13-7-23(8-14-27)3-5-25-11-17-29-30-18-12-26(20-32(30)33(38)31(29)19-25)6-4-24-9-15-28(16-10-24)35-22(2)37/h7-20H,1-2H3,(H,34,36)(H,35,37). The van der Waals surface area contributed by atoms with Crippen molar-refractivity contribution in [2.75, 3.05) is 10.6 Å². The second-order valence-electron chi connectivity index (χ2n) is 8.87. The van der Waals surface area contributed by atoms with Crippen molar-refractivity contribution in [3.05, 3.63) is 118 Å². The number of amides is 2. The first-order chi connectivity index (χ1) is 18.4. The Bertz CT molecular complexity index is 1600. The fourth-order valence-electron chi connectivity index (χ4n) is 4.20. The van der Waals surface area contributed by atoms with Crippen molar-refractivity contribution in [1.82, 2.24) is 0 Å². The highest BCUT2D eigenvalue weighted by Gasteiger charge is 2.26. The van der Waals surface area contributed by atoms with Gasteiger partial charge in [0, 0.05) is 58.6 Å². The van der Waals surface area contributed by atoms with E-state index in [2.05, 4.69) is 34.3 Å². The van der Waals surface area contributed by atoms with Crippen LogP contribution >= 0.6 is 0 Å². The molecule has 0 bridgehead atoms. The third-order valence-electron chi connectivity index (χ3n) is 5.93. The third kappa shape index (κ3) is 5.38. The Morgan fingerprint density at radius 1 is 0.500 bits per heavy atom. The molecule has 0 fully saturated rings. The molecule has 5 nitrogen and oxygen atoms in total. The molecule has 0 atom stereocenters. The van der Waals surface area contributed by atoms with Crippen LogP contribution in [0.2, 0.25) is 0 Å². The molecule has 5 heteroatoms. The van der Waals surface area contributed by atoms with Crippen molar-refractivity contribution in [1.29, 1.82) is 0 Å². The summed E-state index contributed by atoms with van der Waals surface area (Å²) in [6.45, 7) is 2.93. The Kier molecular flexibility index (Phi) is 6.59. The Morgan fingerprint density at radius 2 is 0.842 bits per heavy atom. The summed E-state index contributed by atoms with van der Waals surface area (Å²) in [5, 5.41) is 5.46. The van der Waals surface area contributed by atoms with Gasteiger partial charge in [0.1, 0.15) is 0 Å². The third-order valence-corrected chi connectivity index (χ3v) is 5.93. The molecule has 0 spiro atoms. The van der Waals surface area contributed by atoms with Gasteiger partial charge in [0.15, 0.2) is 5.78 Å². The van der Waals surface area contributed by atoms with Crippen LogP contribution in [0.5, 0.6) is 0 Å². The summed E-state index contributed by atoms with van der Waals surface area (Å²) in [7, 11) is 0. The van der Waals surface area contributed by atoms with Gasteiger partial charge < -0.3 is 10.6 Å². The van der Waals surface area contributed by atoms with E-state index in [1.54, 1.807) is 24.3 Å². The largest absolute Gasteiger partial charge is 0.326 e. The molecule has 0 saturated carbocycles. The van der Waals surface area contributed by atoms with E-state index >= 15 is 0 Å². The molecule has 0 saturated heterocycles. The molecule has 4 aromatic rings. The molecule has 4 aromatic carbocycles. The minimum absolute atomic E-state index is 0.0402. The van der Waals surface area contributed by atoms with Crippen LogP contribution in [0.3, 0.4) is 0 Å². The lowest BCUT2D eigenvalue weighted by molar-refractivity contribution is -0.115. The highest BCUT2D eigenvalue weighted by molar-refractivity contribution is 6.22. The molecule has 5 rings (SSSR count). The fourth-order valence-corrected chi connectivity index (χ4v) is 4.20. The van der Waals surface area contributed by atoms with Gasteiger partial charge in [-0.1, -0.05) is 35.8 Å². The number of anilines is 2. The first-order valence-corrected chi connectivity index (χ1v) is 12.0. The molecule has 2 amide bonds. The normalized spacial score (nSPS) is 10.7. The minimum Gasteiger partial charge on any atom is -0.326 e. The number of hydrogen-bond donors (Lipinski definition) is 2. The Balaban J connectivity index is 1.34. The van der Waals surface area contributed by atoms with Gasteiger partial charge in [-0.25, -0.2) is 0 Å². The molecule has 0 aromatic heterocycles. The SMILES string of the molecule is CC(=O)Nc1ccc(C#Cc2ccc3c(c2)C(=O)c2cc(C#Cc4ccc(NC(C)=O)cc4)ccc2-3)cc1. The van der Waals surface area contributed by atoms with E-state index in [-0.39, 0.29) is 17.6 Å². The van der Waals surface area contributed by atoms with E-state index in [0.29, 0.717) is 22.5 Å². The Morgan fingerprint density at radius 3 is 1.21 bits per heavy atom. The van der Waals surface area contributed by atoms with Crippen molar-refractivity contribution in [3.63, 3.8) is 0 Å². The van der Waals surface area contributed by atoms with Gasteiger partial charge in [-0.15, -0.1) is 0 Å². The summed E-state index contributed by atoms with van der Waals surface area (Å²) in [6, 6.07) is 25.9. The monoisotopic (exact) mass is 494 g/mol. The van der Waals surface area contributed by atoms with E-state index in [9.17, 15) is 14.4 Å². The van der Waals surface area contributed by atoms with Crippen LogP contribution < -0.4 is 10.6 Å². The molecule has 2 N–H and O–H groups in total. The number of ketones is 1. The van der Waals surface area contributed by atoms with E-state index < -0.39 is 0 Å². The van der Waals surface area contributed by atoms with Gasteiger partial charge in [0.05, 0.1) is 0 Å². The molecular formula is C33H22N2O3. The number of rotatable bonds is 2. The molecule has 0 radical (unpaired) electrons. The lowest BCUT2D eigenvalue weighted by atomic mass is 10.0. The number of fused-ring (bicyclic) bond motifs is 3. The maximum Gasteiger partial charge on any atom is 0.221 e. The van der Waals surface area contributed by atoms with Crippen molar-refractivity contribution < 1.29 is 14.4 Å². The maximum absolute atomic E-state index is 13.2. The van der Waals surface area contributed by atoms with Gasteiger partial charge in [0.2, 0.25) is 11.8 Å². The van der Waals surface area contributed by atoms with Crippen LogP contribution in [0, 0.1) is 23.7 Å². The smallest absolute Gasteiger partial charge is 0.221 e. The summed E-state index contributed by atoms with van der Waals surface area (Å²) >= 11 is 0. The summed E-state index contributed by atoms with van der Waals surface area (Å²) < 4.78 is 0. The van der Waals surface area contributed by atoms with Gasteiger partial charge in [0.25, 0.3) is 0 Å². The molecular weight excluding hydrogens is 472 g/mol. The molecule has 0 aliphatic heterocycles. The van der Waals surface area contributed by atoms with Crippen LogP contribution in [0.1, 0.15) is 52.0 Å². The maximum atomic E-state index is 13.2. The number of carbonyl (C=O) groups excluding carboxylic acids is 3. The molecule has 1 aliphatic carbocycles. The van der Waals surface area contributed by atoms with Crippen molar-refractivity contribution in [3.8, 4) is 34.8 Å². The van der Waals surface area contributed by atoms with Crippen molar-refractivity contribution in [2.45, 2.75) is 13.8 Å². The number of carbonyl (C=O) groups is 3. The summed E-state index contributed by atoms with van der Waals surface area (Å²) in [5.74, 6) is 12.2. The lowest BCUT2D eigenvalue weighted by Crippen LogP contribution is -2.05. The molecule has 1 aliphatic rings. The second-order valence-corrected chi connectivity index (χ2v) is 8.87. The average molecular weight is 495 g/mol. The predicted octanol–water partition coefficient (Wildman–Crippen LogP) is 5.61. The zero-order valence-corrected chi connectivity index (χ0v) is 20.8. The quantitative estimate of drug-likeness (QED) is 0.313. The van der Waals surface area contributed by atoms with E-state index in [1.165, 1.54) is 13.8 Å². The average Bonchev–Trinajstić information content (AvgIpc) is 3.18. The number of nitrogens with one attached hydrogen (secondary N) is 2. The zero-order chi connectivity index (χ0) is 26.6. The van der Waals surface area contributed by atoms with Crippen molar-refractivity contribution >= 4 is 29.0 Å². The first-order valence-electron chi connectivity index (χ1n) is 12.0. The minimum atomic E-state index is -0.124. The Hall–Kier alpha value is -5.39. The Labute approximate surface area is 220 Å². The van der Waals surface area contributed by atoms with Crippen LogP contribution in [0.4, 0.5) is 11.4 Å². The predicted molar refractivity (Wildman–Crippen MR) is 149 cm³/mol. The highest BCUT2D eigenvalue weighted by Crippen LogP contribution is 2.37. The fraction of sp³-hybridized carbons (Fsp3) is 0.0606. The van der Waals surface area contributed by atoms with E-state index in [0.717, 1.165) is 33.4 Å². The van der Waals surface area contributed by atoms with Crippen LogP contribution in [-0.4, -0.2) is 17.6 Å². The zero-order valence-electron chi connectivity index (χ0n) is 20.8. The molecule has 0 heterocycles. The van der Waals surface area contributed by atoms with Crippen LogP contribution in [0.25, 0.3) is 11.1 Å². The highest BCUT2D eigenvalue weighted by atomic mass is 16.2. The van der Waals surface area contributed by atoms with Gasteiger partial charge in [-0.2, -0.15) is 0 Å². The van der Waals surface area contributed by atoms with Crippen LogP contribution in [-0.2, 0) is 9.59 Å². The summed E-state index contributed by atoms with van der Waals surface area (Å²) in [6.07, 6.45) is 0. The van der Waals surface area contributed by atoms with Gasteiger partial charge in [-0.05, 0) is 83.9 Å². The lowest BCUT2D eigenvalue weighted by Gasteiger charge is -2.01. The summed E-state index contributed by atoms with van der Waals surface area (Å²) in [5.41, 5.74) is 7.59. The summed E-state index contributed by atoms with van der Waals surface area (Å²) in [4.78, 5) is 35.6. The molecule has 182 valence electrons. The number of benzene rings is 4. The second kappa shape index (κ2) is 10.3. The van der Waals surface area contributed by atoms with Crippen LogP contribution in [0.15, 0.2) is 84.9 Å². The molecule has 38 heavy (non-hydrogen) atoms. The van der Waals surface area contributed by atoms with Crippen molar-refractivity contribution in [2.24, 2.45) is 0 Å².